The van der Waals surface area contributed by atoms with Gasteiger partial charge in [-0.2, -0.15) is 0 Å². The number of aryl methyl sites for hydroxylation is 1. The molecule has 0 saturated heterocycles. The average molecular weight is 521 g/mol. The van der Waals surface area contributed by atoms with Gasteiger partial charge in [0.2, 0.25) is 0 Å². The largest absolute Gasteiger partial charge is 0.497 e. The minimum atomic E-state index is -0.650. The standard InChI is InChI=1S/C26H24N4O6S/c1-4-13-36-25(34)16-5-7-17(8-6-16)29-24(33)22-21(30-20(31)14-15(2)27-26(30)37-22)23(32)28-18-9-11-19(35-3)12-10-18/h5-12,14H,4,13H2,1-3H3,(H,28,32)(H,29,33). The van der Waals surface area contributed by atoms with Crippen LogP contribution in [0.2, 0.25) is 0 Å². The Morgan fingerprint density at radius 2 is 1.59 bits per heavy atom. The van der Waals surface area contributed by atoms with Crippen LogP contribution in [0.15, 0.2) is 59.4 Å². The van der Waals surface area contributed by atoms with Crippen LogP contribution in [0.4, 0.5) is 11.4 Å². The highest BCUT2D eigenvalue weighted by Crippen LogP contribution is 2.25. The monoisotopic (exact) mass is 520 g/mol. The number of amides is 2. The van der Waals surface area contributed by atoms with E-state index >= 15 is 0 Å². The molecule has 190 valence electrons. The Bertz CT molecular complexity index is 1520. The third-order valence-corrected chi connectivity index (χ3v) is 6.27. The van der Waals surface area contributed by atoms with Crippen molar-refractivity contribution in [3.05, 3.63) is 86.8 Å². The lowest BCUT2D eigenvalue weighted by atomic mass is 10.2. The Morgan fingerprint density at radius 1 is 0.973 bits per heavy atom. The van der Waals surface area contributed by atoms with Crippen molar-refractivity contribution in [3.8, 4) is 5.75 Å². The van der Waals surface area contributed by atoms with Gasteiger partial charge in [0.1, 0.15) is 16.3 Å². The van der Waals surface area contributed by atoms with E-state index in [0.29, 0.717) is 41.4 Å². The minimum Gasteiger partial charge on any atom is -0.497 e. The van der Waals surface area contributed by atoms with Crippen LogP contribution >= 0.6 is 11.3 Å². The maximum absolute atomic E-state index is 13.3. The van der Waals surface area contributed by atoms with Gasteiger partial charge in [0, 0.05) is 23.1 Å². The van der Waals surface area contributed by atoms with Gasteiger partial charge < -0.3 is 20.1 Å². The fourth-order valence-corrected chi connectivity index (χ4v) is 4.53. The van der Waals surface area contributed by atoms with Gasteiger partial charge in [-0.1, -0.05) is 18.3 Å². The van der Waals surface area contributed by atoms with Crippen molar-refractivity contribution in [3.63, 3.8) is 0 Å². The zero-order valence-electron chi connectivity index (χ0n) is 20.4. The molecule has 2 N–H and O–H groups in total. The first kappa shape index (κ1) is 25.6. The van der Waals surface area contributed by atoms with E-state index in [4.69, 9.17) is 9.47 Å². The fourth-order valence-electron chi connectivity index (χ4n) is 3.46. The van der Waals surface area contributed by atoms with Crippen molar-refractivity contribution in [1.29, 1.82) is 0 Å². The summed E-state index contributed by atoms with van der Waals surface area (Å²) in [7, 11) is 1.53. The molecule has 0 spiro atoms. The first-order chi connectivity index (χ1) is 17.8. The number of aromatic nitrogens is 2. The van der Waals surface area contributed by atoms with Crippen LogP contribution in [0.5, 0.6) is 5.75 Å². The number of benzene rings is 2. The van der Waals surface area contributed by atoms with Gasteiger partial charge in [-0.3, -0.25) is 14.4 Å². The Balaban J connectivity index is 1.65. The highest BCUT2D eigenvalue weighted by Gasteiger charge is 2.26. The Morgan fingerprint density at radius 3 is 2.22 bits per heavy atom. The number of carbonyl (C=O) groups is 3. The predicted molar refractivity (Wildman–Crippen MR) is 140 cm³/mol. The van der Waals surface area contributed by atoms with Gasteiger partial charge in [0.15, 0.2) is 4.96 Å². The van der Waals surface area contributed by atoms with E-state index in [2.05, 4.69) is 15.6 Å². The number of nitrogens with one attached hydrogen (secondary N) is 2. The zero-order chi connectivity index (χ0) is 26.5. The maximum atomic E-state index is 13.3. The molecule has 0 bridgehead atoms. The molecule has 0 aliphatic carbocycles. The number of hydrogen-bond acceptors (Lipinski definition) is 8. The summed E-state index contributed by atoms with van der Waals surface area (Å²) in [6.45, 7) is 3.87. The molecule has 2 aromatic carbocycles. The highest BCUT2D eigenvalue weighted by atomic mass is 32.1. The Hall–Kier alpha value is -4.51. The van der Waals surface area contributed by atoms with Crippen LogP contribution in [-0.4, -0.2) is 40.9 Å². The second-order valence-electron chi connectivity index (χ2n) is 7.98. The number of methoxy groups -OCH3 is 1. The number of thiazole rings is 1. The number of anilines is 2. The molecule has 0 unspecified atom stereocenters. The SMILES string of the molecule is CCCOC(=O)c1ccc(NC(=O)c2sc3nc(C)cc(=O)n3c2C(=O)Nc2ccc(OC)cc2)cc1. The topological polar surface area (TPSA) is 128 Å². The van der Waals surface area contributed by atoms with Gasteiger partial charge >= 0.3 is 5.97 Å². The van der Waals surface area contributed by atoms with Crippen molar-refractivity contribution in [2.45, 2.75) is 20.3 Å². The Kier molecular flexibility index (Phi) is 7.63. The molecule has 11 heteroatoms. The lowest BCUT2D eigenvalue weighted by Gasteiger charge is -2.09. The molecule has 2 heterocycles. The fraction of sp³-hybridized carbons (Fsp3) is 0.192. The van der Waals surface area contributed by atoms with Crippen LogP contribution in [0.3, 0.4) is 0 Å². The molecule has 0 aliphatic rings. The molecular weight excluding hydrogens is 496 g/mol. The number of nitrogens with zero attached hydrogens (tertiary/aromatic N) is 2. The molecule has 0 fully saturated rings. The van der Waals surface area contributed by atoms with Crippen molar-refractivity contribution >= 4 is 45.5 Å². The van der Waals surface area contributed by atoms with E-state index in [-0.39, 0.29) is 15.5 Å². The molecular formula is C26H24N4O6S. The molecule has 0 aliphatic heterocycles. The van der Waals surface area contributed by atoms with Crippen LogP contribution in [0, 0.1) is 6.92 Å². The molecule has 2 aromatic heterocycles. The second-order valence-corrected chi connectivity index (χ2v) is 8.96. The summed E-state index contributed by atoms with van der Waals surface area (Å²) in [5.74, 6) is -1.10. The highest BCUT2D eigenvalue weighted by molar-refractivity contribution is 7.19. The lowest BCUT2D eigenvalue weighted by molar-refractivity contribution is 0.0505. The first-order valence-corrected chi connectivity index (χ1v) is 12.2. The quantitative estimate of drug-likeness (QED) is 0.334. The van der Waals surface area contributed by atoms with E-state index in [1.807, 2.05) is 6.92 Å². The summed E-state index contributed by atoms with van der Waals surface area (Å²) in [6.07, 6.45) is 0.709. The molecule has 4 aromatic rings. The summed E-state index contributed by atoms with van der Waals surface area (Å²) in [4.78, 5) is 55.9. The molecule has 0 radical (unpaired) electrons. The molecule has 0 atom stereocenters. The minimum absolute atomic E-state index is 0.00708. The number of carbonyl (C=O) groups excluding carboxylic acids is 3. The van der Waals surface area contributed by atoms with Crippen molar-refractivity contribution in [2.24, 2.45) is 0 Å². The number of hydrogen-bond donors (Lipinski definition) is 2. The van der Waals surface area contributed by atoms with Crippen molar-refractivity contribution in [1.82, 2.24) is 9.38 Å². The van der Waals surface area contributed by atoms with Crippen LogP contribution in [0.1, 0.15) is 49.6 Å². The van der Waals surface area contributed by atoms with E-state index < -0.39 is 23.3 Å². The van der Waals surface area contributed by atoms with Crippen LogP contribution in [0.25, 0.3) is 4.96 Å². The van der Waals surface area contributed by atoms with Gasteiger partial charge in [-0.05, 0) is 61.9 Å². The van der Waals surface area contributed by atoms with Crippen LogP contribution in [-0.2, 0) is 4.74 Å². The van der Waals surface area contributed by atoms with E-state index in [0.717, 1.165) is 15.7 Å². The van der Waals surface area contributed by atoms with Gasteiger partial charge in [0.25, 0.3) is 17.4 Å². The molecule has 4 rings (SSSR count). The van der Waals surface area contributed by atoms with E-state index in [1.165, 1.54) is 25.3 Å². The smallest absolute Gasteiger partial charge is 0.338 e. The van der Waals surface area contributed by atoms with Crippen LogP contribution < -0.4 is 20.9 Å². The maximum Gasteiger partial charge on any atom is 0.338 e. The molecule has 0 saturated carbocycles. The number of fused-ring (bicyclic) bond motifs is 1. The zero-order valence-corrected chi connectivity index (χ0v) is 21.2. The molecule has 37 heavy (non-hydrogen) atoms. The summed E-state index contributed by atoms with van der Waals surface area (Å²) < 4.78 is 11.4. The average Bonchev–Trinajstić information content (AvgIpc) is 3.28. The third-order valence-electron chi connectivity index (χ3n) is 5.23. The summed E-state index contributed by atoms with van der Waals surface area (Å²) in [6, 6.07) is 14.1. The number of esters is 1. The Labute approximate surface area is 215 Å². The molecule has 10 nitrogen and oxygen atoms in total. The van der Waals surface area contributed by atoms with Gasteiger partial charge in [-0.15, -0.1) is 0 Å². The van der Waals surface area contributed by atoms with Gasteiger partial charge in [-0.25, -0.2) is 14.2 Å². The summed E-state index contributed by atoms with van der Waals surface area (Å²) in [5, 5.41) is 5.44. The normalized spacial score (nSPS) is 10.7. The first-order valence-electron chi connectivity index (χ1n) is 11.4. The molecule has 2 amide bonds. The number of rotatable bonds is 8. The second kappa shape index (κ2) is 11.0. The predicted octanol–water partition coefficient (Wildman–Crippen LogP) is 4.14. The lowest BCUT2D eigenvalue weighted by Crippen LogP contribution is -2.25. The third kappa shape index (κ3) is 5.67. The summed E-state index contributed by atoms with van der Waals surface area (Å²) >= 11 is 0.927. The van der Waals surface area contributed by atoms with Crippen molar-refractivity contribution < 1.29 is 23.9 Å². The summed E-state index contributed by atoms with van der Waals surface area (Å²) in [5.41, 5.74) is 1.05. The van der Waals surface area contributed by atoms with Crippen molar-refractivity contribution in [2.75, 3.05) is 24.4 Å². The van der Waals surface area contributed by atoms with Gasteiger partial charge in [0.05, 0.1) is 19.3 Å². The number of ether oxygens (including phenoxy) is 2. The van der Waals surface area contributed by atoms with E-state index in [1.54, 1.807) is 43.3 Å². The van der Waals surface area contributed by atoms with E-state index in [9.17, 15) is 19.2 Å².